The molecule has 0 radical (unpaired) electrons. The minimum atomic E-state index is -3.39. The minimum absolute atomic E-state index is 0.0702. The van der Waals surface area contributed by atoms with Crippen LogP contribution in [0.25, 0.3) is 0 Å². The van der Waals surface area contributed by atoms with Crippen LogP contribution in [0.15, 0.2) is 66.1 Å². The van der Waals surface area contributed by atoms with Crippen molar-refractivity contribution in [3.05, 3.63) is 72.3 Å². The van der Waals surface area contributed by atoms with Gasteiger partial charge >= 0.3 is 5.97 Å². The van der Waals surface area contributed by atoms with E-state index in [1.165, 1.54) is 36.0 Å². The largest absolute Gasteiger partial charge is 0.497 e. The highest BCUT2D eigenvalue weighted by atomic mass is 32.2. The van der Waals surface area contributed by atoms with Gasteiger partial charge in [-0.05, 0) is 61.2 Å². The van der Waals surface area contributed by atoms with Gasteiger partial charge in [0.25, 0.3) is 5.24 Å². The summed E-state index contributed by atoms with van der Waals surface area (Å²) in [5.41, 5.74) is 1.19. The second kappa shape index (κ2) is 13.4. The summed E-state index contributed by atoms with van der Waals surface area (Å²) in [5, 5.41) is -0.0702. The predicted molar refractivity (Wildman–Crippen MR) is 157 cm³/mol. The van der Waals surface area contributed by atoms with Crippen molar-refractivity contribution in [1.29, 1.82) is 0 Å². The first-order chi connectivity index (χ1) is 19.6. The fourth-order valence-electron chi connectivity index (χ4n) is 5.29. The Hall–Kier alpha value is -2.86. The highest BCUT2D eigenvalue weighted by Crippen LogP contribution is 2.43. The molecule has 2 aliphatic rings. The molecule has 41 heavy (non-hydrogen) atoms. The Labute approximate surface area is 246 Å². The fraction of sp³-hybridized carbons (Fsp3) is 0.467. The van der Waals surface area contributed by atoms with E-state index in [2.05, 4.69) is 6.58 Å². The number of benzene rings is 2. The van der Waals surface area contributed by atoms with E-state index in [9.17, 15) is 18.0 Å². The third-order valence-electron chi connectivity index (χ3n) is 7.47. The Kier molecular flexibility index (Phi) is 10.2. The van der Waals surface area contributed by atoms with Crippen molar-refractivity contribution < 1.29 is 37.0 Å². The van der Waals surface area contributed by atoms with E-state index in [-0.39, 0.29) is 28.2 Å². The molecule has 222 valence electrons. The van der Waals surface area contributed by atoms with Gasteiger partial charge in [-0.15, -0.1) is 6.58 Å². The quantitative estimate of drug-likeness (QED) is 0.183. The Morgan fingerprint density at radius 1 is 1.17 bits per heavy atom. The molecular weight excluding hydrogens is 566 g/mol. The molecule has 1 amide bonds. The van der Waals surface area contributed by atoms with Crippen LogP contribution in [0.5, 0.6) is 5.75 Å². The van der Waals surface area contributed by atoms with Crippen LogP contribution < -0.4 is 4.74 Å². The topological polar surface area (TPSA) is 108 Å². The Balaban J connectivity index is 1.57. The molecule has 0 saturated carbocycles. The van der Waals surface area contributed by atoms with Crippen molar-refractivity contribution in [3.63, 3.8) is 0 Å². The number of methoxy groups -OCH3 is 2. The number of ether oxygens (including phenoxy) is 4. The van der Waals surface area contributed by atoms with Gasteiger partial charge in [-0.25, -0.2) is 13.2 Å². The number of allylic oxidation sites excluding steroid dienone is 1. The van der Waals surface area contributed by atoms with Crippen LogP contribution in [0.1, 0.15) is 48.0 Å². The molecule has 11 heteroatoms. The summed E-state index contributed by atoms with van der Waals surface area (Å²) in [6.07, 6.45) is 5.25. The van der Waals surface area contributed by atoms with Crippen molar-refractivity contribution in [2.45, 2.75) is 67.6 Å². The summed E-state index contributed by atoms with van der Waals surface area (Å²) in [5.74, 6) is -0.544. The molecule has 0 N–H and O–H groups in total. The molecule has 0 aromatic heterocycles. The van der Waals surface area contributed by atoms with Gasteiger partial charge in [-0.3, -0.25) is 4.79 Å². The SMILES string of the molecule is C=CCCCC1C[C@@H](OC(=O)c2ccc(S(C)(=O)=O)cc2)C[C@](OC)([C@@H]2CSC(=O)N2Cc2ccc(OC)cc2)O1. The summed E-state index contributed by atoms with van der Waals surface area (Å²) < 4.78 is 47.6. The standard InChI is InChI=1S/C30H37NO8S2/c1-5-6-7-8-24-17-25(38-28(32)22-11-15-26(16-12-22)41(4,34)35)18-30(37-3,39-24)27-20-40-29(33)31(27)19-21-9-13-23(36-2)14-10-21/h5,9-16,24-25,27H,1,6-8,17-20H2,2-4H3/t24?,25-,27+,30-/m1/s1. The molecular formula is C30H37NO8S2. The average Bonchev–Trinajstić information content (AvgIpc) is 3.33. The maximum absolute atomic E-state index is 13.1. The molecule has 2 aromatic carbocycles. The van der Waals surface area contributed by atoms with E-state index in [1.54, 1.807) is 19.1 Å². The van der Waals surface area contributed by atoms with Gasteiger partial charge in [0.05, 0.1) is 29.7 Å². The highest BCUT2D eigenvalue weighted by Gasteiger charge is 2.54. The third-order valence-corrected chi connectivity index (χ3v) is 9.56. The molecule has 1 unspecified atom stereocenters. The molecule has 2 aliphatic heterocycles. The lowest BCUT2D eigenvalue weighted by Gasteiger charge is -2.48. The van der Waals surface area contributed by atoms with Gasteiger partial charge in [0, 0.05) is 38.5 Å². The van der Waals surface area contributed by atoms with E-state index in [4.69, 9.17) is 18.9 Å². The molecule has 2 aromatic rings. The van der Waals surface area contributed by atoms with Gasteiger partial charge in [-0.1, -0.05) is 30.0 Å². The summed E-state index contributed by atoms with van der Waals surface area (Å²) in [6.45, 7) is 4.17. The smallest absolute Gasteiger partial charge is 0.338 e. The third kappa shape index (κ3) is 7.51. The van der Waals surface area contributed by atoms with Gasteiger partial charge in [0.2, 0.25) is 0 Å². The molecule has 9 nitrogen and oxygen atoms in total. The maximum Gasteiger partial charge on any atom is 0.338 e. The van der Waals surface area contributed by atoms with Crippen LogP contribution in [0.4, 0.5) is 4.79 Å². The Bertz CT molecular complexity index is 1330. The van der Waals surface area contributed by atoms with E-state index in [1.807, 2.05) is 30.3 Å². The Morgan fingerprint density at radius 3 is 2.49 bits per heavy atom. The van der Waals surface area contributed by atoms with Crippen LogP contribution in [-0.4, -0.2) is 74.8 Å². The van der Waals surface area contributed by atoms with E-state index < -0.39 is 33.7 Å². The first-order valence-electron chi connectivity index (χ1n) is 13.5. The van der Waals surface area contributed by atoms with E-state index in [0.29, 0.717) is 25.1 Å². The number of rotatable bonds is 12. The zero-order valence-electron chi connectivity index (χ0n) is 23.6. The zero-order chi connectivity index (χ0) is 29.6. The molecule has 0 aliphatic carbocycles. The number of unbranched alkanes of at least 4 members (excludes halogenated alkanes) is 1. The number of sulfone groups is 1. The van der Waals surface area contributed by atoms with Crippen molar-refractivity contribution in [3.8, 4) is 5.75 Å². The molecule has 4 atom stereocenters. The monoisotopic (exact) mass is 603 g/mol. The van der Waals surface area contributed by atoms with Gasteiger partial charge in [0.1, 0.15) is 11.9 Å². The lowest BCUT2D eigenvalue weighted by atomic mass is 9.90. The van der Waals surface area contributed by atoms with Crippen LogP contribution in [0.3, 0.4) is 0 Å². The summed E-state index contributed by atoms with van der Waals surface area (Å²) >= 11 is 1.22. The van der Waals surface area contributed by atoms with Gasteiger partial charge < -0.3 is 23.8 Å². The van der Waals surface area contributed by atoms with Crippen LogP contribution in [0, 0.1) is 0 Å². The number of carbonyl (C=O) groups excluding carboxylic acids is 2. The molecule has 2 heterocycles. The molecule has 2 fully saturated rings. The molecule has 0 spiro atoms. The lowest BCUT2D eigenvalue weighted by Crippen LogP contribution is -2.60. The fourth-order valence-corrected chi connectivity index (χ4v) is 7.01. The van der Waals surface area contributed by atoms with Crippen LogP contribution >= 0.6 is 11.8 Å². The highest BCUT2D eigenvalue weighted by molar-refractivity contribution is 8.13. The summed E-state index contributed by atoms with van der Waals surface area (Å²) in [6, 6.07) is 12.8. The summed E-state index contributed by atoms with van der Waals surface area (Å²) in [4.78, 5) is 28.1. The number of esters is 1. The van der Waals surface area contributed by atoms with Crippen molar-refractivity contribution in [2.75, 3.05) is 26.2 Å². The number of amides is 1. The Morgan fingerprint density at radius 2 is 1.88 bits per heavy atom. The first kappa shape index (κ1) is 31.1. The van der Waals surface area contributed by atoms with Crippen molar-refractivity contribution in [2.24, 2.45) is 0 Å². The number of hydrogen-bond donors (Lipinski definition) is 0. The van der Waals surface area contributed by atoms with Gasteiger partial charge in [-0.2, -0.15) is 0 Å². The molecule has 2 saturated heterocycles. The normalized spacial score (nSPS) is 24.7. The second-order valence-corrected chi connectivity index (χ2v) is 13.3. The summed E-state index contributed by atoms with van der Waals surface area (Å²) in [7, 11) is -0.219. The molecule has 4 rings (SSSR count). The lowest BCUT2D eigenvalue weighted by molar-refractivity contribution is -0.304. The minimum Gasteiger partial charge on any atom is -0.497 e. The van der Waals surface area contributed by atoms with E-state index in [0.717, 1.165) is 30.4 Å². The number of hydrogen-bond acceptors (Lipinski definition) is 9. The number of thioether (sulfide) groups is 1. The van der Waals surface area contributed by atoms with E-state index >= 15 is 0 Å². The first-order valence-corrected chi connectivity index (χ1v) is 16.4. The zero-order valence-corrected chi connectivity index (χ0v) is 25.2. The van der Waals surface area contributed by atoms with Crippen molar-refractivity contribution >= 4 is 32.8 Å². The van der Waals surface area contributed by atoms with Crippen LogP contribution in [0.2, 0.25) is 0 Å². The second-order valence-electron chi connectivity index (χ2n) is 10.3. The molecule has 0 bridgehead atoms. The predicted octanol–water partition coefficient (Wildman–Crippen LogP) is 5.24. The maximum atomic E-state index is 13.1. The van der Waals surface area contributed by atoms with Crippen LogP contribution in [-0.2, 0) is 30.6 Å². The van der Waals surface area contributed by atoms with Crippen molar-refractivity contribution in [1.82, 2.24) is 4.90 Å². The number of carbonyl (C=O) groups is 2. The van der Waals surface area contributed by atoms with Gasteiger partial charge in [0.15, 0.2) is 15.6 Å². The average molecular weight is 604 g/mol. The number of nitrogens with zero attached hydrogens (tertiary/aromatic N) is 1.